The second kappa shape index (κ2) is 7.70. The van der Waals surface area contributed by atoms with E-state index in [1.165, 1.54) is 0 Å². The monoisotopic (exact) mass is 205 g/mol. The third-order valence-electron chi connectivity index (χ3n) is 2.14. The minimum Gasteiger partial charge on any atom is -0.390 e. The molecule has 2 N–H and O–H groups in total. The first-order valence-corrected chi connectivity index (χ1v) is 5.05. The molecule has 0 aromatic heterocycles. The van der Waals surface area contributed by atoms with Crippen LogP contribution in [0.4, 0.5) is 0 Å². The van der Waals surface area contributed by atoms with Crippen LogP contribution in [-0.2, 0) is 0 Å². The fraction of sp³-hybridized carbons (Fsp3) is 1.00. The van der Waals surface area contributed by atoms with E-state index in [1.807, 2.05) is 6.92 Å². The largest absolute Gasteiger partial charge is 0.390 e. The number of hydrogen-bond donors (Lipinski definition) is 2. The van der Waals surface area contributed by atoms with Crippen molar-refractivity contribution in [3.63, 3.8) is 0 Å². The number of hydrogen-bond acceptors (Lipinski definition) is 4. The topological polar surface area (TPSA) is 83.6 Å². The molecule has 0 aliphatic rings. The zero-order chi connectivity index (χ0) is 11.0. The van der Waals surface area contributed by atoms with Gasteiger partial charge in [-0.3, -0.25) is 10.1 Å². The summed E-state index contributed by atoms with van der Waals surface area (Å²) in [6.45, 7) is 1.86. The summed E-state index contributed by atoms with van der Waals surface area (Å²) >= 11 is 0. The van der Waals surface area contributed by atoms with Gasteiger partial charge in [0.05, 0.1) is 12.2 Å². The van der Waals surface area contributed by atoms with Crippen LogP contribution < -0.4 is 0 Å². The highest BCUT2D eigenvalue weighted by molar-refractivity contribution is 4.66. The number of nitrogens with zero attached hydrogens (tertiary/aromatic N) is 1. The molecule has 0 aliphatic heterocycles. The van der Waals surface area contributed by atoms with Crippen molar-refractivity contribution in [3.8, 4) is 0 Å². The Hall–Kier alpha value is -0.680. The maximum atomic E-state index is 9.98. The lowest BCUT2D eigenvalue weighted by Gasteiger charge is -2.16. The first-order chi connectivity index (χ1) is 6.57. The van der Waals surface area contributed by atoms with Gasteiger partial charge < -0.3 is 10.2 Å². The summed E-state index contributed by atoms with van der Waals surface area (Å²) in [4.78, 5) is 9.57. The van der Waals surface area contributed by atoms with Crippen molar-refractivity contribution in [2.45, 2.75) is 51.2 Å². The standard InChI is InChI=1S/C9H19NO4/c1-2-3-5-8(11)9(12)6-4-7-10(13)14/h8-9,11-12H,2-7H2,1H3. The predicted molar refractivity (Wildman–Crippen MR) is 52.6 cm³/mol. The number of unbranched alkanes of at least 4 members (excludes halogenated alkanes) is 1. The van der Waals surface area contributed by atoms with Gasteiger partial charge in [-0.05, 0) is 12.8 Å². The van der Waals surface area contributed by atoms with Gasteiger partial charge in [-0.15, -0.1) is 0 Å². The van der Waals surface area contributed by atoms with Crippen LogP contribution in [0.3, 0.4) is 0 Å². The first kappa shape index (κ1) is 13.3. The molecule has 0 aromatic carbocycles. The number of rotatable bonds is 8. The molecule has 0 saturated carbocycles. The van der Waals surface area contributed by atoms with Gasteiger partial charge in [0, 0.05) is 11.3 Å². The Balaban J connectivity index is 3.50. The van der Waals surface area contributed by atoms with Gasteiger partial charge in [0.15, 0.2) is 0 Å². The van der Waals surface area contributed by atoms with Crippen molar-refractivity contribution < 1.29 is 15.1 Å². The van der Waals surface area contributed by atoms with Crippen LogP contribution >= 0.6 is 0 Å². The minimum atomic E-state index is -0.818. The molecule has 0 aromatic rings. The first-order valence-electron chi connectivity index (χ1n) is 5.05. The van der Waals surface area contributed by atoms with E-state index in [0.717, 1.165) is 12.8 Å². The van der Waals surface area contributed by atoms with Crippen LogP contribution in [0, 0.1) is 10.1 Å². The van der Waals surface area contributed by atoms with Crippen molar-refractivity contribution >= 4 is 0 Å². The van der Waals surface area contributed by atoms with Crippen molar-refractivity contribution in [1.82, 2.24) is 0 Å². The van der Waals surface area contributed by atoms with E-state index in [2.05, 4.69) is 0 Å². The van der Waals surface area contributed by atoms with Gasteiger partial charge in [0.25, 0.3) is 0 Å². The van der Waals surface area contributed by atoms with Crippen molar-refractivity contribution in [2.75, 3.05) is 6.54 Å². The number of aliphatic hydroxyl groups excluding tert-OH is 2. The second-order valence-corrected chi connectivity index (χ2v) is 3.48. The smallest absolute Gasteiger partial charge is 0.204 e. The molecular weight excluding hydrogens is 186 g/mol. The highest BCUT2D eigenvalue weighted by Gasteiger charge is 2.15. The van der Waals surface area contributed by atoms with Crippen LogP contribution in [0.15, 0.2) is 0 Å². The Bertz CT molecular complexity index is 163. The Labute approximate surface area is 83.9 Å². The zero-order valence-corrected chi connectivity index (χ0v) is 8.56. The molecule has 14 heavy (non-hydrogen) atoms. The van der Waals surface area contributed by atoms with Gasteiger partial charge in [-0.2, -0.15) is 0 Å². The van der Waals surface area contributed by atoms with Crippen molar-refractivity contribution in [2.24, 2.45) is 0 Å². The second-order valence-electron chi connectivity index (χ2n) is 3.48. The molecule has 84 valence electrons. The van der Waals surface area contributed by atoms with E-state index in [-0.39, 0.29) is 6.54 Å². The summed E-state index contributed by atoms with van der Waals surface area (Å²) in [5.41, 5.74) is 0. The lowest BCUT2D eigenvalue weighted by atomic mass is 10.0. The molecule has 0 aliphatic carbocycles. The number of nitro groups is 1. The highest BCUT2D eigenvalue weighted by atomic mass is 16.6. The lowest BCUT2D eigenvalue weighted by molar-refractivity contribution is -0.480. The minimum absolute atomic E-state index is 0.141. The van der Waals surface area contributed by atoms with E-state index >= 15 is 0 Å². The van der Waals surface area contributed by atoms with Gasteiger partial charge in [-0.1, -0.05) is 19.8 Å². The molecule has 0 radical (unpaired) electrons. The Morgan fingerprint density at radius 2 is 1.71 bits per heavy atom. The molecule has 2 atom stereocenters. The third kappa shape index (κ3) is 6.80. The fourth-order valence-corrected chi connectivity index (χ4v) is 1.23. The third-order valence-corrected chi connectivity index (χ3v) is 2.14. The van der Waals surface area contributed by atoms with E-state index in [0.29, 0.717) is 19.3 Å². The molecule has 0 rings (SSSR count). The maximum Gasteiger partial charge on any atom is 0.204 e. The average Bonchev–Trinajstić information content (AvgIpc) is 2.13. The maximum absolute atomic E-state index is 9.98. The molecule has 0 heterocycles. The van der Waals surface area contributed by atoms with E-state index in [4.69, 9.17) is 0 Å². The zero-order valence-electron chi connectivity index (χ0n) is 8.56. The average molecular weight is 205 g/mol. The summed E-state index contributed by atoms with van der Waals surface area (Å²) in [5.74, 6) is 0. The van der Waals surface area contributed by atoms with E-state index < -0.39 is 17.1 Å². The van der Waals surface area contributed by atoms with Gasteiger partial charge in [0.1, 0.15) is 0 Å². The molecule has 5 heteroatoms. The predicted octanol–water partition coefficient (Wildman–Crippen LogP) is 0.955. The molecule has 2 unspecified atom stereocenters. The van der Waals surface area contributed by atoms with E-state index in [1.54, 1.807) is 0 Å². The highest BCUT2D eigenvalue weighted by Crippen LogP contribution is 2.09. The van der Waals surface area contributed by atoms with Gasteiger partial charge in [0.2, 0.25) is 6.54 Å². The Morgan fingerprint density at radius 1 is 1.21 bits per heavy atom. The van der Waals surface area contributed by atoms with Crippen LogP contribution in [0.5, 0.6) is 0 Å². The quantitative estimate of drug-likeness (QED) is 0.456. The van der Waals surface area contributed by atoms with Crippen LogP contribution in [0.2, 0.25) is 0 Å². The van der Waals surface area contributed by atoms with Crippen LogP contribution in [0.25, 0.3) is 0 Å². The van der Waals surface area contributed by atoms with Crippen LogP contribution in [0.1, 0.15) is 39.0 Å². The summed E-state index contributed by atoms with van der Waals surface area (Å²) < 4.78 is 0. The fourth-order valence-electron chi connectivity index (χ4n) is 1.23. The summed E-state index contributed by atoms with van der Waals surface area (Å²) in [5, 5.41) is 28.8. The Kier molecular flexibility index (Phi) is 7.32. The molecule has 0 spiro atoms. The van der Waals surface area contributed by atoms with Gasteiger partial charge >= 0.3 is 0 Å². The molecule has 0 fully saturated rings. The molecule has 5 nitrogen and oxygen atoms in total. The Morgan fingerprint density at radius 3 is 2.14 bits per heavy atom. The molecule has 0 bridgehead atoms. The SMILES string of the molecule is CCCCC(O)C(O)CCC[N+](=O)[O-]. The van der Waals surface area contributed by atoms with Crippen LogP contribution in [-0.4, -0.2) is 33.9 Å². The molecular formula is C9H19NO4. The van der Waals surface area contributed by atoms with Gasteiger partial charge in [-0.25, -0.2) is 0 Å². The lowest BCUT2D eigenvalue weighted by Crippen LogP contribution is -2.26. The summed E-state index contributed by atoms with van der Waals surface area (Å²) in [6, 6.07) is 0. The molecule has 0 amide bonds. The van der Waals surface area contributed by atoms with Crippen molar-refractivity contribution in [1.29, 1.82) is 0 Å². The summed E-state index contributed by atoms with van der Waals surface area (Å²) in [6.07, 6.45) is 1.47. The molecule has 0 saturated heterocycles. The normalized spacial score (nSPS) is 15.1. The van der Waals surface area contributed by atoms with E-state index in [9.17, 15) is 20.3 Å². The van der Waals surface area contributed by atoms with Crippen molar-refractivity contribution in [3.05, 3.63) is 10.1 Å². The number of aliphatic hydroxyl groups is 2. The summed E-state index contributed by atoms with van der Waals surface area (Å²) in [7, 11) is 0.